The molecule has 0 atom stereocenters. The predicted octanol–water partition coefficient (Wildman–Crippen LogP) is 3.73. The summed E-state index contributed by atoms with van der Waals surface area (Å²) in [7, 11) is 3.28. The van der Waals surface area contributed by atoms with Crippen molar-refractivity contribution < 1.29 is 19.1 Å². The van der Waals surface area contributed by atoms with E-state index in [4.69, 9.17) is 9.47 Å². The minimum absolute atomic E-state index is 0.105. The molecule has 6 nitrogen and oxygen atoms in total. The summed E-state index contributed by atoms with van der Waals surface area (Å²) in [6, 6.07) is 15.0. The van der Waals surface area contributed by atoms with Gasteiger partial charge in [0.25, 0.3) is 0 Å². The van der Waals surface area contributed by atoms with Crippen molar-refractivity contribution in [2.24, 2.45) is 0 Å². The van der Waals surface area contributed by atoms with E-state index in [2.05, 4.69) is 10.6 Å². The van der Waals surface area contributed by atoms with Gasteiger partial charge in [-0.3, -0.25) is 9.59 Å². The first-order valence-electron chi connectivity index (χ1n) is 8.86. The van der Waals surface area contributed by atoms with Gasteiger partial charge in [-0.05, 0) is 41.8 Å². The molecule has 0 aromatic heterocycles. The quantitative estimate of drug-likeness (QED) is 0.668. The van der Waals surface area contributed by atoms with E-state index in [9.17, 15) is 9.59 Å². The number of hydrogen-bond acceptors (Lipinski definition) is 4. The van der Waals surface area contributed by atoms with Crippen molar-refractivity contribution in [2.75, 3.05) is 24.9 Å². The largest absolute Gasteiger partial charge is 0.380 e. The Morgan fingerprint density at radius 1 is 0.704 bits per heavy atom. The number of carbonyl (C=O) groups is 2. The Morgan fingerprint density at radius 2 is 1.07 bits per heavy atom. The first-order valence-corrected chi connectivity index (χ1v) is 8.86. The van der Waals surface area contributed by atoms with Gasteiger partial charge in [0.15, 0.2) is 0 Å². The fourth-order valence-electron chi connectivity index (χ4n) is 2.56. The lowest BCUT2D eigenvalue weighted by atomic mass is 10.2. The van der Waals surface area contributed by atoms with Gasteiger partial charge in [-0.15, -0.1) is 0 Å². The molecule has 0 aliphatic heterocycles. The van der Waals surface area contributed by atoms with E-state index in [1.54, 1.807) is 14.2 Å². The molecule has 2 aromatic carbocycles. The van der Waals surface area contributed by atoms with Crippen LogP contribution in [-0.4, -0.2) is 26.0 Å². The summed E-state index contributed by atoms with van der Waals surface area (Å²) in [5, 5.41) is 5.66. The number of hydrogen-bond donors (Lipinski definition) is 2. The molecule has 0 fully saturated rings. The van der Waals surface area contributed by atoms with Gasteiger partial charge in [-0.25, -0.2) is 0 Å². The SMILES string of the molecule is COCc1ccc(NC(=O)CCCC(=O)Nc2ccc(COC)cc2)cc1. The Balaban J connectivity index is 1.68. The summed E-state index contributed by atoms with van der Waals surface area (Å²) < 4.78 is 10.1. The van der Waals surface area contributed by atoms with Crippen LogP contribution in [-0.2, 0) is 32.3 Å². The van der Waals surface area contributed by atoms with Crippen LogP contribution in [0.15, 0.2) is 48.5 Å². The van der Waals surface area contributed by atoms with E-state index >= 15 is 0 Å². The highest BCUT2D eigenvalue weighted by Crippen LogP contribution is 2.13. The lowest BCUT2D eigenvalue weighted by Gasteiger charge is -2.08. The second kappa shape index (κ2) is 11.1. The van der Waals surface area contributed by atoms with Crippen molar-refractivity contribution >= 4 is 23.2 Å². The van der Waals surface area contributed by atoms with Crippen molar-refractivity contribution in [3.05, 3.63) is 59.7 Å². The van der Waals surface area contributed by atoms with E-state index in [0.29, 0.717) is 32.5 Å². The molecular weight excluding hydrogens is 344 g/mol. The molecule has 2 aromatic rings. The summed E-state index contributed by atoms with van der Waals surface area (Å²) in [5.74, 6) is -0.211. The highest BCUT2D eigenvalue weighted by atomic mass is 16.5. The number of methoxy groups -OCH3 is 2. The van der Waals surface area contributed by atoms with E-state index < -0.39 is 0 Å². The van der Waals surface area contributed by atoms with Crippen LogP contribution >= 0.6 is 0 Å². The highest BCUT2D eigenvalue weighted by Gasteiger charge is 2.07. The molecule has 0 saturated carbocycles. The van der Waals surface area contributed by atoms with Crippen LogP contribution in [0.4, 0.5) is 11.4 Å². The molecule has 27 heavy (non-hydrogen) atoms. The monoisotopic (exact) mass is 370 g/mol. The molecular formula is C21H26N2O4. The van der Waals surface area contributed by atoms with Gasteiger partial charge in [-0.2, -0.15) is 0 Å². The first kappa shape index (κ1) is 20.6. The number of rotatable bonds is 10. The summed E-state index contributed by atoms with van der Waals surface area (Å²) in [6.45, 7) is 1.08. The maximum atomic E-state index is 12.0. The molecule has 0 bridgehead atoms. The minimum Gasteiger partial charge on any atom is -0.380 e. The van der Waals surface area contributed by atoms with E-state index in [-0.39, 0.29) is 11.8 Å². The standard InChI is InChI=1S/C21H26N2O4/c1-26-14-16-6-10-18(11-7-16)22-20(24)4-3-5-21(25)23-19-12-8-17(9-13-19)15-27-2/h6-13H,3-5,14-15H2,1-2H3,(H,22,24)(H,23,25). The van der Waals surface area contributed by atoms with Crippen LogP contribution in [0.25, 0.3) is 0 Å². The highest BCUT2D eigenvalue weighted by molar-refractivity contribution is 5.93. The molecule has 6 heteroatoms. The van der Waals surface area contributed by atoms with Gasteiger partial charge < -0.3 is 20.1 Å². The van der Waals surface area contributed by atoms with Crippen LogP contribution in [0.1, 0.15) is 30.4 Å². The van der Waals surface area contributed by atoms with Gasteiger partial charge in [-0.1, -0.05) is 24.3 Å². The minimum atomic E-state index is -0.105. The number of carbonyl (C=O) groups excluding carboxylic acids is 2. The number of anilines is 2. The van der Waals surface area contributed by atoms with Crippen LogP contribution in [0.5, 0.6) is 0 Å². The van der Waals surface area contributed by atoms with Crippen molar-refractivity contribution in [1.29, 1.82) is 0 Å². The van der Waals surface area contributed by atoms with Gasteiger partial charge in [0.05, 0.1) is 13.2 Å². The predicted molar refractivity (Wildman–Crippen MR) is 105 cm³/mol. The topological polar surface area (TPSA) is 76.7 Å². The molecule has 2 amide bonds. The van der Waals surface area contributed by atoms with Gasteiger partial charge in [0.2, 0.25) is 11.8 Å². The van der Waals surface area contributed by atoms with Gasteiger partial charge >= 0.3 is 0 Å². The normalized spacial score (nSPS) is 10.4. The van der Waals surface area contributed by atoms with Crippen LogP contribution < -0.4 is 10.6 Å². The summed E-state index contributed by atoms with van der Waals surface area (Å²) in [5.41, 5.74) is 3.56. The van der Waals surface area contributed by atoms with E-state index in [1.165, 1.54) is 0 Å². The number of ether oxygens (including phenoxy) is 2. The summed E-state index contributed by atoms with van der Waals surface area (Å²) >= 11 is 0. The fourth-order valence-corrected chi connectivity index (χ4v) is 2.56. The second-order valence-electron chi connectivity index (χ2n) is 6.21. The Bertz CT molecular complexity index is 663. The Hall–Kier alpha value is -2.70. The second-order valence-corrected chi connectivity index (χ2v) is 6.21. The summed E-state index contributed by atoms with van der Waals surface area (Å²) in [6.07, 6.45) is 1.07. The Kier molecular flexibility index (Phi) is 8.48. The lowest BCUT2D eigenvalue weighted by Crippen LogP contribution is -2.14. The van der Waals surface area contributed by atoms with Crippen LogP contribution in [0.3, 0.4) is 0 Å². The molecule has 2 rings (SSSR count). The van der Waals surface area contributed by atoms with Crippen molar-refractivity contribution in [3.63, 3.8) is 0 Å². The van der Waals surface area contributed by atoms with Gasteiger partial charge in [0.1, 0.15) is 0 Å². The molecule has 0 spiro atoms. The Labute approximate surface area is 159 Å². The third-order valence-electron chi connectivity index (χ3n) is 3.91. The molecule has 0 aliphatic rings. The van der Waals surface area contributed by atoms with Crippen LogP contribution in [0, 0.1) is 0 Å². The number of amides is 2. The zero-order valence-corrected chi connectivity index (χ0v) is 15.8. The molecule has 0 aliphatic carbocycles. The molecule has 0 saturated heterocycles. The van der Waals surface area contributed by atoms with Crippen molar-refractivity contribution in [1.82, 2.24) is 0 Å². The maximum Gasteiger partial charge on any atom is 0.224 e. The number of nitrogens with one attached hydrogen (secondary N) is 2. The molecule has 2 N–H and O–H groups in total. The molecule has 0 radical (unpaired) electrons. The zero-order chi connectivity index (χ0) is 19.5. The third kappa shape index (κ3) is 7.60. The summed E-state index contributed by atoms with van der Waals surface area (Å²) in [4.78, 5) is 24.0. The van der Waals surface area contributed by atoms with Crippen LogP contribution in [0.2, 0.25) is 0 Å². The average molecular weight is 370 g/mol. The van der Waals surface area contributed by atoms with E-state index in [0.717, 1.165) is 22.5 Å². The lowest BCUT2D eigenvalue weighted by molar-refractivity contribution is -0.117. The zero-order valence-electron chi connectivity index (χ0n) is 15.8. The Morgan fingerprint density at radius 3 is 1.41 bits per heavy atom. The molecule has 0 heterocycles. The van der Waals surface area contributed by atoms with Crippen molar-refractivity contribution in [3.8, 4) is 0 Å². The average Bonchev–Trinajstić information content (AvgIpc) is 2.65. The first-order chi connectivity index (χ1) is 13.1. The van der Waals surface area contributed by atoms with Crippen molar-refractivity contribution in [2.45, 2.75) is 32.5 Å². The van der Waals surface area contributed by atoms with Gasteiger partial charge in [0, 0.05) is 38.4 Å². The molecule has 144 valence electrons. The van der Waals surface area contributed by atoms with E-state index in [1.807, 2.05) is 48.5 Å². The maximum absolute atomic E-state index is 12.0. The number of benzene rings is 2. The fraction of sp³-hybridized carbons (Fsp3) is 0.333. The third-order valence-corrected chi connectivity index (χ3v) is 3.91. The smallest absolute Gasteiger partial charge is 0.224 e. The molecule has 0 unspecified atom stereocenters.